The van der Waals surface area contributed by atoms with Gasteiger partial charge in [0.25, 0.3) is 0 Å². The Morgan fingerprint density at radius 3 is 2.72 bits per heavy atom. The monoisotopic (exact) mass is 250 g/mol. The predicted molar refractivity (Wildman–Crippen MR) is 72.5 cm³/mol. The zero-order chi connectivity index (χ0) is 13.5. The van der Waals surface area contributed by atoms with Gasteiger partial charge in [0.1, 0.15) is 5.75 Å². The van der Waals surface area contributed by atoms with Crippen LogP contribution in [0.1, 0.15) is 31.7 Å². The van der Waals surface area contributed by atoms with Crippen LogP contribution < -0.4 is 10.2 Å². The molecular formula is C14H22N2O2. The van der Waals surface area contributed by atoms with Gasteiger partial charge in [0, 0.05) is 14.1 Å². The SMILES string of the molecule is CC(C)c1cccc(OCCC(=O)NN(C)C)c1. The van der Waals surface area contributed by atoms with Gasteiger partial charge in [0.15, 0.2) is 0 Å². The van der Waals surface area contributed by atoms with Crippen molar-refractivity contribution in [3.8, 4) is 5.75 Å². The largest absolute Gasteiger partial charge is 0.493 e. The third-order valence-corrected chi connectivity index (χ3v) is 2.47. The van der Waals surface area contributed by atoms with E-state index in [2.05, 4.69) is 25.3 Å². The molecule has 0 bridgehead atoms. The molecule has 0 aliphatic heterocycles. The molecule has 0 aromatic heterocycles. The standard InChI is InChI=1S/C14H22N2O2/c1-11(2)12-6-5-7-13(10-12)18-9-8-14(17)15-16(3)4/h5-7,10-11H,8-9H2,1-4H3,(H,15,17). The van der Waals surface area contributed by atoms with Crippen LogP contribution in [0.2, 0.25) is 0 Å². The van der Waals surface area contributed by atoms with E-state index in [1.807, 2.05) is 18.2 Å². The molecule has 1 aromatic carbocycles. The molecule has 0 atom stereocenters. The van der Waals surface area contributed by atoms with Crippen LogP contribution in [0, 0.1) is 0 Å². The van der Waals surface area contributed by atoms with Gasteiger partial charge in [0.2, 0.25) is 5.91 Å². The van der Waals surface area contributed by atoms with E-state index in [1.165, 1.54) is 5.56 Å². The summed E-state index contributed by atoms with van der Waals surface area (Å²) in [5, 5.41) is 1.63. The molecule has 0 aliphatic rings. The second-order valence-corrected chi connectivity index (χ2v) is 4.76. The van der Waals surface area contributed by atoms with Gasteiger partial charge in [-0.05, 0) is 23.6 Å². The quantitative estimate of drug-likeness (QED) is 0.787. The number of ether oxygens (including phenoxy) is 1. The third kappa shape index (κ3) is 5.19. The van der Waals surface area contributed by atoms with Gasteiger partial charge in [-0.15, -0.1) is 0 Å². The molecule has 0 saturated carbocycles. The minimum Gasteiger partial charge on any atom is -0.493 e. The summed E-state index contributed by atoms with van der Waals surface area (Å²) in [6.07, 6.45) is 0.351. The van der Waals surface area contributed by atoms with Crippen molar-refractivity contribution in [2.45, 2.75) is 26.2 Å². The highest BCUT2D eigenvalue weighted by Crippen LogP contribution is 2.20. The van der Waals surface area contributed by atoms with Gasteiger partial charge in [0.05, 0.1) is 13.0 Å². The van der Waals surface area contributed by atoms with Crippen LogP contribution in [-0.2, 0) is 4.79 Å². The molecule has 0 radical (unpaired) electrons. The molecule has 100 valence electrons. The first-order valence-corrected chi connectivity index (χ1v) is 6.18. The number of nitrogens with zero attached hydrogens (tertiary/aromatic N) is 1. The zero-order valence-corrected chi connectivity index (χ0v) is 11.6. The average Bonchev–Trinajstić information content (AvgIpc) is 2.28. The normalized spacial score (nSPS) is 10.8. The van der Waals surface area contributed by atoms with Gasteiger partial charge in [-0.2, -0.15) is 0 Å². The molecule has 0 spiro atoms. The number of hydrazine groups is 1. The summed E-state index contributed by atoms with van der Waals surface area (Å²) in [7, 11) is 3.57. The van der Waals surface area contributed by atoms with Crippen LogP contribution in [0.15, 0.2) is 24.3 Å². The molecule has 4 heteroatoms. The molecule has 0 unspecified atom stereocenters. The highest BCUT2D eigenvalue weighted by Gasteiger charge is 2.04. The van der Waals surface area contributed by atoms with E-state index in [-0.39, 0.29) is 5.91 Å². The molecule has 1 aromatic rings. The summed E-state index contributed by atoms with van der Waals surface area (Å²) in [4.78, 5) is 11.4. The number of carbonyl (C=O) groups is 1. The Hall–Kier alpha value is -1.55. The van der Waals surface area contributed by atoms with Crippen molar-refractivity contribution < 1.29 is 9.53 Å². The van der Waals surface area contributed by atoms with E-state index < -0.39 is 0 Å². The van der Waals surface area contributed by atoms with Crippen LogP contribution in [0.5, 0.6) is 5.75 Å². The van der Waals surface area contributed by atoms with Crippen molar-refractivity contribution in [1.82, 2.24) is 10.4 Å². The van der Waals surface area contributed by atoms with Gasteiger partial charge < -0.3 is 4.74 Å². The van der Waals surface area contributed by atoms with E-state index in [0.717, 1.165) is 5.75 Å². The fourth-order valence-corrected chi connectivity index (χ4v) is 1.53. The summed E-state index contributed by atoms with van der Waals surface area (Å²) in [5.41, 5.74) is 3.91. The van der Waals surface area contributed by atoms with Crippen LogP contribution in [0.25, 0.3) is 0 Å². The highest BCUT2D eigenvalue weighted by atomic mass is 16.5. The van der Waals surface area contributed by atoms with Gasteiger partial charge in [-0.3, -0.25) is 10.2 Å². The highest BCUT2D eigenvalue weighted by molar-refractivity contribution is 5.75. The van der Waals surface area contributed by atoms with E-state index in [9.17, 15) is 4.79 Å². The summed E-state index contributed by atoms with van der Waals surface area (Å²) < 4.78 is 5.57. The minimum atomic E-state index is -0.0417. The Morgan fingerprint density at radius 2 is 2.11 bits per heavy atom. The molecule has 0 saturated heterocycles. The lowest BCUT2D eigenvalue weighted by Gasteiger charge is -2.12. The second kappa shape index (κ2) is 7.01. The smallest absolute Gasteiger partial charge is 0.237 e. The van der Waals surface area contributed by atoms with E-state index in [0.29, 0.717) is 18.9 Å². The maximum atomic E-state index is 11.4. The molecule has 4 nitrogen and oxygen atoms in total. The maximum absolute atomic E-state index is 11.4. The number of amides is 1. The zero-order valence-electron chi connectivity index (χ0n) is 11.6. The van der Waals surface area contributed by atoms with Crippen LogP contribution in [0.4, 0.5) is 0 Å². The Kier molecular flexibility index (Phi) is 5.65. The molecule has 1 N–H and O–H groups in total. The van der Waals surface area contributed by atoms with Crippen molar-refractivity contribution in [1.29, 1.82) is 0 Å². The molecule has 0 aliphatic carbocycles. The predicted octanol–water partition coefficient (Wildman–Crippen LogP) is 2.17. The maximum Gasteiger partial charge on any atom is 0.237 e. The van der Waals surface area contributed by atoms with Crippen molar-refractivity contribution in [3.05, 3.63) is 29.8 Å². The second-order valence-electron chi connectivity index (χ2n) is 4.76. The van der Waals surface area contributed by atoms with Crippen molar-refractivity contribution in [2.75, 3.05) is 20.7 Å². The molecule has 0 heterocycles. The van der Waals surface area contributed by atoms with E-state index >= 15 is 0 Å². The summed E-state index contributed by atoms with van der Waals surface area (Å²) in [5.74, 6) is 1.25. The Labute approximate surface area is 109 Å². The van der Waals surface area contributed by atoms with Crippen molar-refractivity contribution in [2.24, 2.45) is 0 Å². The topological polar surface area (TPSA) is 41.6 Å². The van der Waals surface area contributed by atoms with E-state index in [1.54, 1.807) is 19.1 Å². The fourth-order valence-electron chi connectivity index (χ4n) is 1.53. The number of hydrogen-bond donors (Lipinski definition) is 1. The number of hydrogen-bond acceptors (Lipinski definition) is 3. The molecule has 1 amide bonds. The van der Waals surface area contributed by atoms with Crippen molar-refractivity contribution >= 4 is 5.91 Å². The lowest BCUT2D eigenvalue weighted by Crippen LogP contribution is -2.36. The number of nitrogens with one attached hydrogen (secondary N) is 1. The first kappa shape index (κ1) is 14.5. The fraction of sp³-hybridized carbons (Fsp3) is 0.500. The third-order valence-electron chi connectivity index (χ3n) is 2.47. The van der Waals surface area contributed by atoms with E-state index in [4.69, 9.17) is 4.74 Å². The Morgan fingerprint density at radius 1 is 1.39 bits per heavy atom. The summed E-state index contributed by atoms with van der Waals surface area (Å²) >= 11 is 0. The number of rotatable bonds is 6. The van der Waals surface area contributed by atoms with Gasteiger partial charge >= 0.3 is 0 Å². The lowest BCUT2D eigenvalue weighted by atomic mass is 10.0. The molecule has 0 fully saturated rings. The van der Waals surface area contributed by atoms with Crippen LogP contribution >= 0.6 is 0 Å². The number of carbonyl (C=O) groups excluding carboxylic acids is 1. The molecule has 1 rings (SSSR count). The average molecular weight is 250 g/mol. The Bertz CT molecular complexity index is 389. The molecule has 18 heavy (non-hydrogen) atoms. The summed E-state index contributed by atoms with van der Waals surface area (Å²) in [6, 6.07) is 7.99. The minimum absolute atomic E-state index is 0.0417. The number of benzene rings is 1. The summed E-state index contributed by atoms with van der Waals surface area (Å²) in [6.45, 7) is 4.68. The van der Waals surface area contributed by atoms with Crippen LogP contribution in [0.3, 0.4) is 0 Å². The van der Waals surface area contributed by atoms with Crippen molar-refractivity contribution in [3.63, 3.8) is 0 Å². The van der Waals surface area contributed by atoms with Crippen LogP contribution in [-0.4, -0.2) is 31.6 Å². The molecular weight excluding hydrogens is 228 g/mol. The Balaban J connectivity index is 2.39. The first-order chi connectivity index (χ1) is 8.49. The van der Waals surface area contributed by atoms with Gasteiger partial charge in [-0.25, -0.2) is 5.01 Å². The lowest BCUT2D eigenvalue weighted by molar-refractivity contribution is -0.125. The first-order valence-electron chi connectivity index (χ1n) is 6.18. The van der Waals surface area contributed by atoms with Gasteiger partial charge in [-0.1, -0.05) is 26.0 Å².